The molecular weight excluding hydrogens is 417 g/mol. The van der Waals surface area contributed by atoms with Crippen LogP contribution in [0.15, 0.2) is 72.8 Å². The number of nitrogens with one attached hydrogen (secondary N) is 1. The summed E-state index contributed by atoms with van der Waals surface area (Å²) in [6.45, 7) is 4.02. The highest BCUT2D eigenvalue weighted by atomic mass is 19.1. The fourth-order valence-electron chi connectivity index (χ4n) is 3.84. The molecule has 1 aromatic heterocycles. The number of ether oxygens (including phenoxy) is 1. The van der Waals surface area contributed by atoms with Crippen molar-refractivity contribution >= 4 is 16.9 Å². The standard InChI is InChI=1S/C27H28FN3O2/c1-20-7-4-8-23(19-20)33-18-6-17-31-25-10-3-2-9-24(25)30-26(31)11-5-16-29-27(32)21-12-14-22(28)15-13-21/h2-4,7-10,12-15,19H,5-6,11,16-18H2,1H3,(H,29,32). The molecule has 0 aliphatic carbocycles. The molecule has 0 unspecified atom stereocenters. The molecule has 0 fully saturated rings. The van der Waals surface area contributed by atoms with Crippen molar-refractivity contribution in [2.75, 3.05) is 13.2 Å². The Morgan fingerprint density at radius 2 is 1.85 bits per heavy atom. The number of amides is 1. The Morgan fingerprint density at radius 1 is 1.03 bits per heavy atom. The second-order valence-corrected chi connectivity index (χ2v) is 8.05. The Balaban J connectivity index is 1.32. The molecule has 5 nitrogen and oxygen atoms in total. The highest BCUT2D eigenvalue weighted by Gasteiger charge is 2.11. The monoisotopic (exact) mass is 445 g/mol. The lowest BCUT2D eigenvalue weighted by Gasteiger charge is -2.11. The Labute approximate surface area is 193 Å². The quantitative estimate of drug-likeness (QED) is 0.336. The lowest BCUT2D eigenvalue weighted by molar-refractivity contribution is 0.0953. The predicted octanol–water partition coefficient (Wildman–Crippen LogP) is 5.32. The smallest absolute Gasteiger partial charge is 0.251 e. The molecule has 1 heterocycles. The number of hydrogen-bond donors (Lipinski definition) is 1. The van der Waals surface area contributed by atoms with Crippen LogP contribution < -0.4 is 10.1 Å². The number of para-hydroxylation sites is 2. The van der Waals surface area contributed by atoms with Crippen LogP contribution >= 0.6 is 0 Å². The largest absolute Gasteiger partial charge is 0.494 e. The van der Waals surface area contributed by atoms with Crippen molar-refractivity contribution < 1.29 is 13.9 Å². The molecule has 0 bridgehead atoms. The first-order chi connectivity index (χ1) is 16.1. The van der Waals surface area contributed by atoms with E-state index in [2.05, 4.69) is 28.9 Å². The number of benzene rings is 3. The summed E-state index contributed by atoms with van der Waals surface area (Å²) in [6, 6.07) is 21.8. The Morgan fingerprint density at radius 3 is 2.67 bits per heavy atom. The zero-order valence-corrected chi connectivity index (χ0v) is 18.8. The van der Waals surface area contributed by atoms with Crippen LogP contribution in [0.2, 0.25) is 0 Å². The third-order valence-corrected chi connectivity index (χ3v) is 5.49. The Hall–Kier alpha value is -3.67. The fraction of sp³-hybridized carbons (Fsp3) is 0.259. The molecule has 170 valence electrons. The molecule has 0 saturated carbocycles. The summed E-state index contributed by atoms with van der Waals surface area (Å²) < 4.78 is 21.2. The number of rotatable bonds is 10. The number of fused-ring (bicyclic) bond motifs is 1. The van der Waals surface area contributed by atoms with Crippen molar-refractivity contribution in [2.24, 2.45) is 0 Å². The van der Waals surface area contributed by atoms with Crippen LogP contribution in [-0.2, 0) is 13.0 Å². The number of hydrogen-bond acceptors (Lipinski definition) is 3. The number of aromatic nitrogens is 2. The number of nitrogens with zero attached hydrogens (tertiary/aromatic N) is 2. The summed E-state index contributed by atoms with van der Waals surface area (Å²) in [7, 11) is 0. The third-order valence-electron chi connectivity index (χ3n) is 5.49. The van der Waals surface area contributed by atoms with Crippen LogP contribution in [0.1, 0.15) is 34.6 Å². The van der Waals surface area contributed by atoms with Crippen molar-refractivity contribution in [3.8, 4) is 5.75 Å². The first kappa shape index (κ1) is 22.5. The van der Waals surface area contributed by atoms with Crippen LogP contribution in [0.5, 0.6) is 5.75 Å². The van der Waals surface area contributed by atoms with Crippen molar-refractivity contribution in [2.45, 2.75) is 32.7 Å². The molecule has 0 atom stereocenters. The number of carbonyl (C=O) groups is 1. The maximum absolute atomic E-state index is 13.0. The van der Waals surface area contributed by atoms with Gasteiger partial charge >= 0.3 is 0 Å². The molecule has 4 rings (SSSR count). The van der Waals surface area contributed by atoms with E-state index in [1.165, 1.54) is 29.8 Å². The molecular formula is C27H28FN3O2. The minimum absolute atomic E-state index is 0.197. The summed E-state index contributed by atoms with van der Waals surface area (Å²) in [5.41, 5.74) is 3.72. The van der Waals surface area contributed by atoms with Gasteiger partial charge in [-0.25, -0.2) is 9.37 Å². The summed E-state index contributed by atoms with van der Waals surface area (Å²) >= 11 is 0. The van der Waals surface area contributed by atoms with Gasteiger partial charge in [-0.15, -0.1) is 0 Å². The third kappa shape index (κ3) is 5.98. The number of carbonyl (C=O) groups excluding carboxylic acids is 1. The van der Waals surface area contributed by atoms with E-state index < -0.39 is 0 Å². The highest BCUT2D eigenvalue weighted by molar-refractivity contribution is 5.94. The van der Waals surface area contributed by atoms with Gasteiger partial charge in [0.2, 0.25) is 0 Å². The molecule has 0 aliphatic heterocycles. The second-order valence-electron chi connectivity index (χ2n) is 8.05. The van der Waals surface area contributed by atoms with E-state index in [0.29, 0.717) is 18.7 Å². The van der Waals surface area contributed by atoms with E-state index in [9.17, 15) is 9.18 Å². The zero-order chi connectivity index (χ0) is 23.0. The molecule has 0 radical (unpaired) electrons. The lowest BCUT2D eigenvalue weighted by atomic mass is 10.2. The van der Waals surface area contributed by atoms with E-state index in [-0.39, 0.29) is 11.7 Å². The van der Waals surface area contributed by atoms with E-state index >= 15 is 0 Å². The minimum atomic E-state index is -0.352. The van der Waals surface area contributed by atoms with Gasteiger partial charge < -0.3 is 14.6 Å². The van der Waals surface area contributed by atoms with Crippen LogP contribution in [0.4, 0.5) is 4.39 Å². The number of aryl methyl sites for hydroxylation is 3. The molecule has 3 aromatic carbocycles. The van der Waals surface area contributed by atoms with Crippen LogP contribution in [0.25, 0.3) is 11.0 Å². The molecule has 6 heteroatoms. The first-order valence-corrected chi connectivity index (χ1v) is 11.3. The molecule has 1 amide bonds. The molecule has 4 aromatic rings. The van der Waals surface area contributed by atoms with Gasteiger partial charge in [-0.1, -0.05) is 24.3 Å². The molecule has 1 N–H and O–H groups in total. The second kappa shape index (κ2) is 10.8. The average Bonchev–Trinajstić information content (AvgIpc) is 3.17. The van der Waals surface area contributed by atoms with Gasteiger partial charge in [-0.05, 0) is 73.9 Å². The van der Waals surface area contributed by atoms with E-state index in [1.807, 2.05) is 36.4 Å². The molecule has 0 spiro atoms. The van der Waals surface area contributed by atoms with Gasteiger partial charge in [-0.3, -0.25) is 4.79 Å². The van der Waals surface area contributed by atoms with Gasteiger partial charge in [0.15, 0.2) is 0 Å². The van der Waals surface area contributed by atoms with Gasteiger partial charge in [0.25, 0.3) is 5.91 Å². The average molecular weight is 446 g/mol. The van der Waals surface area contributed by atoms with Crippen molar-refractivity contribution in [1.29, 1.82) is 0 Å². The van der Waals surface area contributed by atoms with Crippen molar-refractivity contribution in [3.63, 3.8) is 0 Å². The Kier molecular flexibility index (Phi) is 7.35. The summed E-state index contributed by atoms with van der Waals surface area (Å²) in [4.78, 5) is 17.0. The van der Waals surface area contributed by atoms with Gasteiger partial charge in [0, 0.05) is 25.1 Å². The molecule has 0 saturated heterocycles. The Bertz CT molecular complexity index is 1220. The van der Waals surface area contributed by atoms with Gasteiger partial charge in [0.1, 0.15) is 17.4 Å². The first-order valence-electron chi connectivity index (χ1n) is 11.3. The van der Waals surface area contributed by atoms with Crippen molar-refractivity contribution in [3.05, 3.63) is 95.6 Å². The summed E-state index contributed by atoms with van der Waals surface area (Å²) in [6.07, 6.45) is 2.37. The number of halogens is 1. The minimum Gasteiger partial charge on any atom is -0.494 e. The maximum atomic E-state index is 13.0. The fourth-order valence-corrected chi connectivity index (χ4v) is 3.84. The normalized spacial score (nSPS) is 11.0. The van der Waals surface area contributed by atoms with E-state index in [0.717, 1.165) is 48.4 Å². The summed E-state index contributed by atoms with van der Waals surface area (Å²) in [5, 5.41) is 2.90. The van der Waals surface area contributed by atoms with Gasteiger partial charge in [0.05, 0.1) is 17.6 Å². The topological polar surface area (TPSA) is 56.1 Å². The number of imidazole rings is 1. The summed E-state index contributed by atoms with van der Waals surface area (Å²) in [5.74, 6) is 1.34. The van der Waals surface area contributed by atoms with Crippen molar-refractivity contribution in [1.82, 2.24) is 14.9 Å². The SMILES string of the molecule is Cc1cccc(OCCCn2c(CCCNC(=O)c3ccc(F)cc3)nc3ccccc32)c1. The predicted molar refractivity (Wildman–Crippen MR) is 128 cm³/mol. The molecule has 33 heavy (non-hydrogen) atoms. The molecule has 0 aliphatic rings. The van der Waals surface area contributed by atoms with Crippen LogP contribution in [0, 0.1) is 12.7 Å². The zero-order valence-electron chi connectivity index (χ0n) is 18.8. The maximum Gasteiger partial charge on any atom is 0.251 e. The van der Waals surface area contributed by atoms with Gasteiger partial charge in [-0.2, -0.15) is 0 Å². The highest BCUT2D eigenvalue weighted by Crippen LogP contribution is 2.18. The lowest BCUT2D eigenvalue weighted by Crippen LogP contribution is -2.25. The van der Waals surface area contributed by atoms with Crippen LogP contribution in [-0.4, -0.2) is 28.6 Å². The van der Waals surface area contributed by atoms with Crippen LogP contribution in [0.3, 0.4) is 0 Å². The van der Waals surface area contributed by atoms with E-state index in [4.69, 9.17) is 9.72 Å². The van der Waals surface area contributed by atoms with E-state index in [1.54, 1.807) is 0 Å².